The maximum absolute atomic E-state index is 6.16. The predicted octanol–water partition coefficient (Wildman–Crippen LogP) is 3.47. The zero-order valence-corrected chi connectivity index (χ0v) is 15.4. The summed E-state index contributed by atoms with van der Waals surface area (Å²) >= 11 is 1.57. The Hall–Kier alpha value is -2.90. The molecule has 6 nitrogen and oxygen atoms in total. The van der Waals surface area contributed by atoms with E-state index < -0.39 is 0 Å². The van der Waals surface area contributed by atoms with Crippen molar-refractivity contribution in [1.29, 1.82) is 0 Å². The number of fused-ring (bicyclic) bond motifs is 1. The van der Waals surface area contributed by atoms with Gasteiger partial charge in [-0.05, 0) is 30.5 Å². The van der Waals surface area contributed by atoms with Gasteiger partial charge >= 0.3 is 0 Å². The number of nitrogens with two attached hydrogens (primary N) is 1. The van der Waals surface area contributed by atoms with Crippen LogP contribution >= 0.6 is 11.3 Å². The summed E-state index contributed by atoms with van der Waals surface area (Å²) in [6.45, 7) is 2.05. The van der Waals surface area contributed by atoms with Crippen molar-refractivity contribution in [3.05, 3.63) is 53.8 Å². The van der Waals surface area contributed by atoms with E-state index in [1.54, 1.807) is 17.5 Å². The quantitative estimate of drug-likeness (QED) is 0.571. The van der Waals surface area contributed by atoms with Crippen molar-refractivity contribution < 1.29 is 0 Å². The second kappa shape index (κ2) is 6.68. The molecule has 3 aromatic heterocycles. The van der Waals surface area contributed by atoms with E-state index in [9.17, 15) is 0 Å². The van der Waals surface area contributed by atoms with Gasteiger partial charge in [-0.3, -0.25) is 0 Å². The Morgan fingerprint density at radius 2 is 2.04 bits per heavy atom. The number of anilines is 1. The fourth-order valence-corrected chi connectivity index (χ4v) is 4.42. The third-order valence-corrected chi connectivity index (χ3v) is 5.84. The highest BCUT2D eigenvalue weighted by atomic mass is 32.1. The van der Waals surface area contributed by atoms with Gasteiger partial charge in [0.15, 0.2) is 5.65 Å². The summed E-state index contributed by atoms with van der Waals surface area (Å²) in [5.74, 6) is 0.926. The highest BCUT2D eigenvalue weighted by Gasteiger charge is 2.22. The van der Waals surface area contributed by atoms with Crippen LogP contribution in [0.3, 0.4) is 0 Å². The lowest BCUT2D eigenvalue weighted by molar-refractivity contribution is 0.765. The average Bonchev–Trinajstić information content (AvgIpc) is 3.41. The minimum atomic E-state index is 0.428. The number of hydrogen-bond donors (Lipinski definition) is 2. The molecule has 0 amide bonds. The van der Waals surface area contributed by atoms with Gasteiger partial charge < -0.3 is 11.1 Å². The molecule has 0 spiro atoms. The van der Waals surface area contributed by atoms with Gasteiger partial charge in [0.2, 0.25) is 0 Å². The molecule has 1 fully saturated rings. The van der Waals surface area contributed by atoms with Crippen molar-refractivity contribution in [2.45, 2.75) is 12.3 Å². The molecule has 0 saturated carbocycles. The maximum Gasteiger partial charge on any atom is 0.165 e. The van der Waals surface area contributed by atoms with Crippen molar-refractivity contribution in [3.63, 3.8) is 0 Å². The first kappa shape index (κ1) is 16.3. The minimum Gasteiger partial charge on any atom is -0.383 e. The molecule has 4 aromatic rings. The standard InChI is InChI=1S/C20H18N6S/c21-18-17-15(20-23-7-8-27-20)9-16(26-19(17)25-11-24-18)14-4-2-1-3-13(14)12-5-6-22-10-12/h1-4,7-9,11-12,22H,5-6,10H2,(H2,21,24,25,26). The van der Waals surface area contributed by atoms with Crippen LogP contribution in [0.15, 0.2) is 48.2 Å². The molecular weight excluding hydrogens is 356 g/mol. The molecule has 7 heteroatoms. The SMILES string of the molecule is Nc1ncnc2nc(-c3ccccc3C3CCNC3)cc(-c3nccs3)c12. The van der Waals surface area contributed by atoms with Crippen LogP contribution in [0, 0.1) is 0 Å². The Kier molecular flexibility index (Phi) is 4.03. The van der Waals surface area contributed by atoms with Crippen LogP contribution in [0.1, 0.15) is 17.9 Å². The molecule has 0 radical (unpaired) electrons. The number of benzene rings is 1. The molecule has 1 aliphatic rings. The molecule has 27 heavy (non-hydrogen) atoms. The molecule has 1 aliphatic heterocycles. The van der Waals surface area contributed by atoms with Gasteiger partial charge in [-0.25, -0.2) is 19.9 Å². The van der Waals surface area contributed by atoms with E-state index in [1.165, 1.54) is 11.9 Å². The molecule has 0 bridgehead atoms. The van der Waals surface area contributed by atoms with Crippen molar-refractivity contribution in [1.82, 2.24) is 25.3 Å². The van der Waals surface area contributed by atoms with Crippen molar-refractivity contribution in [3.8, 4) is 21.8 Å². The molecular formula is C20H18N6S. The molecule has 1 atom stereocenters. The van der Waals surface area contributed by atoms with E-state index in [0.717, 1.165) is 46.7 Å². The molecule has 1 aromatic carbocycles. The highest BCUT2D eigenvalue weighted by molar-refractivity contribution is 7.13. The van der Waals surface area contributed by atoms with Crippen LogP contribution in [0.5, 0.6) is 0 Å². The lowest BCUT2D eigenvalue weighted by atomic mass is 9.91. The van der Waals surface area contributed by atoms with Gasteiger partial charge in [-0.15, -0.1) is 11.3 Å². The van der Waals surface area contributed by atoms with E-state index in [0.29, 0.717) is 17.4 Å². The van der Waals surface area contributed by atoms with Crippen LogP contribution in [0.2, 0.25) is 0 Å². The topological polar surface area (TPSA) is 89.6 Å². The van der Waals surface area contributed by atoms with Crippen LogP contribution in [-0.4, -0.2) is 33.0 Å². The monoisotopic (exact) mass is 374 g/mol. The Morgan fingerprint density at radius 1 is 1.11 bits per heavy atom. The number of nitrogen functional groups attached to an aromatic ring is 1. The Bertz CT molecular complexity index is 1100. The number of thiazole rings is 1. The summed E-state index contributed by atoms with van der Waals surface area (Å²) in [6, 6.07) is 10.6. The van der Waals surface area contributed by atoms with Crippen LogP contribution in [-0.2, 0) is 0 Å². The smallest absolute Gasteiger partial charge is 0.165 e. The van der Waals surface area contributed by atoms with Gasteiger partial charge in [0.25, 0.3) is 0 Å². The highest BCUT2D eigenvalue weighted by Crippen LogP contribution is 2.37. The Morgan fingerprint density at radius 3 is 2.85 bits per heavy atom. The molecule has 5 rings (SSSR count). The summed E-state index contributed by atoms with van der Waals surface area (Å²) in [5, 5.41) is 7.07. The maximum atomic E-state index is 6.16. The number of rotatable bonds is 3. The van der Waals surface area contributed by atoms with Gasteiger partial charge in [0, 0.05) is 29.2 Å². The zero-order chi connectivity index (χ0) is 18.2. The Labute approximate surface area is 160 Å². The summed E-state index contributed by atoms with van der Waals surface area (Å²) < 4.78 is 0. The summed E-state index contributed by atoms with van der Waals surface area (Å²) in [7, 11) is 0. The van der Waals surface area contributed by atoms with E-state index in [-0.39, 0.29) is 0 Å². The first-order valence-electron chi connectivity index (χ1n) is 8.92. The van der Waals surface area contributed by atoms with E-state index >= 15 is 0 Å². The van der Waals surface area contributed by atoms with Crippen LogP contribution < -0.4 is 11.1 Å². The van der Waals surface area contributed by atoms with Gasteiger partial charge in [0.1, 0.15) is 17.2 Å². The zero-order valence-electron chi connectivity index (χ0n) is 14.6. The van der Waals surface area contributed by atoms with Crippen molar-refractivity contribution in [2.75, 3.05) is 18.8 Å². The molecule has 0 aliphatic carbocycles. The molecule has 3 N–H and O–H groups in total. The Balaban J connectivity index is 1.76. The van der Waals surface area contributed by atoms with Crippen LogP contribution in [0.25, 0.3) is 32.9 Å². The average molecular weight is 374 g/mol. The first-order valence-corrected chi connectivity index (χ1v) is 9.80. The molecule has 4 heterocycles. The van der Waals surface area contributed by atoms with Gasteiger partial charge in [0.05, 0.1) is 11.1 Å². The third kappa shape index (κ3) is 2.85. The largest absolute Gasteiger partial charge is 0.383 e. The molecule has 1 unspecified atom stereocenters. The minimum absolute atomic E-state index is 0.428. The fourth-order valence-electron chi connectivity index (χ4n) is 3.76. The van der Waals surface area contributed by atoms with Crippen LogP contribution in [0.4, 0.5) is 5.82 Å². The number of hydrogen-bond acceptors (Lipinski definition) is 7. The van der Waals surface area contributed by atoms with Crippen molar-refractivity contribution >= 4 is 28.2 Å². The predicted molar refractivity (Wildman–Crippen MR) is 109 cm³/mol. The van der Waals surface area contributed by atoms with Gasteiger partial charge in [-0.2, -0.15) is 0 Å². The summed E-state index contributed by atoms with van der Waals surface area (Å²) in [4.78, 5) is 17.9. The second-order valence-corrected chi connectivity index (χ2v) is 7.52. The molecule has 134 valence electrons. The normalized spacial score (nSPS) is 16.8. The van der Waals surface area contributed by atoms with E-state index in [1.807, 2.05) is 5.38 Å². The van der Waals surface area contributed by atoms with Crippen molar-refractivity contribution in [2.24, 2.45) is 0 Å². The number of nitrogens with one attached hydrogen (secondary N) is 1. The first-order chi connectivity index (χ1) is 13.3. The molecule has 1 saturated heterocycles. The third-order valence-electron chi connectivity index (χ3n) is 5.03. The number of pyridine rings is 1. The van der Waals surface area contributed by atoms with E-state index in [2.05, 4.69) is 50.6 Å². The fraction of sp³-hybridized carbons (Fsp3) is 0.200. The number of aromatic nitrogens is 4. The van der Waals surface area contributed by atoms with E-state index in [4.69, 9.17) is 10.7 Å². The lowest BCUT2D eigenvalue weighted by Crippen LogP contribution is -2.09. The summed E-state index contributed by atoms with van der Waals surface area (Å²) in [5.41, 5.74) is 11.1. The number of nitrogens with zero attached hydrogens (tertiary/aromatic N) is 4. The van der Waals surface area contributed by atoms with Gasteiger partial charge in [-0.1, -0.05) is 24.3 Å². The summed E-state index contributed by atoms with van der Waals surface area (Å²) in [6.07, 6.45) is 4.40. The lowest BCUT2D eigenvalue weighted by Gasteiger charge is -2.16. The second-order valence-electron chi connectivity index (χ2n) is 6.63.